The zero-order valence-corrected chi connectivity index (χ0v) is 24.2. The Hall–Kier alpha value is -3.49. The minimum atomic E-state index is -6.35. The summed E-state index contributed by atoms with van der Waals surface area (Å²) in [6.45, 7) is 1.61. The van der Waals surface area contributed by atoms with Gasteiger partial charge in [0, 0.05) is 24.6 Å². The maximum absolute atomic E-state index is 15.1. The van der Waals surface area contributed by atoms with Crippen LogP contribution in [0.1, 0.15) is 58.6 Å². The van der Waals surface area contributed by atoms with E-state index in [1.54, 1.807) is 14.0 Å². The minimum Gasteiger partial charge on any atom is -0.348 e. The number of aryl methyl sites for hydroxylation is 3. The molecular weight excluding hydrogens is 622 g/mol. The molecule has 1 fully saturated rings. The third-order valence-electron chi connectivity index (χ3n) is 8.87. The topological polar surface area (TPSA) is 81.1 Å². The highest BCUT2D eigenvalue weighted by atomic mass is 32.2. The second-order valence-corrected chi connectivity index (χ2v) is 13.5. The smallest absolute Gasteiger partial charge is 0.348 e. The van der Waals surface area contributed by atoms with Gasteiger partial charge >= 0.3 is 18.0 Å². The predicted molar refractivity (Wildman–Crippen MR) is 141 cm³/mol. The van der Waals surface area contributed by atoms with Gasteiger partial charge in [0.2, 0.25) is 0 Å². The Kier molecular flexibility index (Phi) is 7.66. The van der Waals surface area contributed by atoms with Crippen LogP contribution in [-0.2, 0) is 33.7 Å². The molecule has 1 heterocycles. The van der Waals surface area contributed by atoms with Crippen LogP contribution < -0.4 is 5.32 Å². The molecule has 1 amide bonds. The highest BCUT2D eigenvalue weighted by molar-refractivity contribution is 7.92. The Morgan fingerprint density at radius 1 is 1.00 bits per heavy atom. The Morgan fingerprint density at radius 2 is 1.64 bits per heavy atom. The Bertz CT molecular complexity index is 1670. The molecule has 1 aromatic heterocycles. The number of sulfone groups is 1. The fourth-order valence-corrected chi connectivity index (χ4v) is 9.33. The molecule has 1 N–H and O–H groups in total. The maximum Gasteiger partial charge on any atom is 0.435 e. The van der Waals surface area contributed by atoms with E-state index in [0.29, 0.717) is 17.8 Å². The number of benzene rings is 2. The number of halogens is 8. The number of carbonyl (C=O) groups is 1. The monoisotopic (exact) mass is 649 g/mol. The lowest BCUT2D eigenvalue weighted by molar-refractivity contribution is -0.348. The van der Waals surface area contributed by atoms with Crippen molar-refractivity contribution in [2.45, 2.75) is 72.7 Å². The number of carbonyl (C=O) groups excluding carboxylic acids is 1. The van der Waals surface area contributed by atoms with E-state index in [1.807, 2.05) is 0 Å². The SMILES string of the molecule is Cc1ncn(C)c1C(=O)N[C@@H]1CC[C@@]2(S(=O)(=O)c3ccc(F)cc3)c3ccc(C(F)(C(F)(F)F)C(F)(F)F)cc3CCC[C@@H]12. The molecule has 2 aromatic carbocycles. The minimum absolute atomic E-state index is 0.0757. The number of nitrogens with one attached hydrogen (secondary N) is 1. The summed E-state index contributed by atoms with van der Waals surface area (Å²) in [4.78, 5) is 17.1. The number of hydrogen-bond acceptors (Lipinski definition) is 4. The summed E-state index contributed by atoms with van der Waals surface area (Å²) in [6, 6.07) is 4.72. The highest BCUT2D eigenvalue weighted by Gasteiger charge is 2.73. The van der Waals surface area contributed by atoms with Crippen molar-refractivity contribution in [1.82, 2.24) is 14.9 Å². The van der Waals surface area contributed by atoms with Crippen molar-refractivity contribution in [3.63, 3.8) is 0 Å². The van der Waals surface area contributed by atoms with E-state index in [4.69, 9.17) is 0 Å². The van der Waals surface area contributed by atoms with Crippen LogP contribution >= 0.6 is 0 Å². The Morgan fingerprint density at radius 3 is 2.20 bits per heavy atom. The molecule has 3 aromatic rings. The van der Waals surface area contributed by atoms with E-state index >= 15 is 4.39 Å². The van der Waals surface area contributed by atoms with Crippen molar-refractivity contribution < 1.29 is 48.3 Å². The molecule has 238 valence electrons. The van der Waals surface area contributed by atoms with Gasteiger partial charge < -0.3 is 9.88 Å². The molecule has 15 heteroatoms. The van der Waals surface area contributed by atoms with Crippen LogP contribution in [0.2, 0.25) is 0 Å². The van der Waals surface area contributed by atoms with Crippen LogP contribution in [0, 0.1) is 18.7 Å². The van der Waals surface area contributed by atoms with Crippen LogP contribution in [0.5, 0.6) is 0 Å². The Balaban J connectivity index is 1.69. The van der Waals surface area contributed by atoms with E-state index in [-0.39, 0.29) is 53.8 Å². The van der Waals surface area contributed by atoms with Crippen LogP contribution in [0.4, 0.5) is 35.1 Å². The van der Waals surface area contributed by atoms with E-state index in [9.17, 15) is 43.9 Å². The zero-order chi connectivity index (χ0) is 32.5. The normalized spacial score (nSPS) is 22.7. The van der Waals surface area contributed by atoms with Gasteiger partial charge in [-0.05, 0) is 74.4 Å². The summed E-state index contributed by atoms with van der Waals surface area (Å²) in [5.41, 5.74) is -7.03. The summed E-state index contributed by atoms with van der Waals surface area (Å²) < 4.78 is 139. The summed E-state index contributed by atoms with van der Waals surface area (Å²) in [5.74, 6) is -2.16. The third kappa shape index (κ3) is 4.69. The maximum atomic E-state index is 15.1. The fraction of sp³-hybridized carbons (Fsp3) is 0.448. The van der Waals surface area contributed by atoms with Gasteiger partial charge in [-0.2, -0.15) is 26.3 Å². The van der Waals surface area contributed by atoms with Crippen LogP contribution in [-0.4, -0.2) is 42.3 Å². The number of fused-ring (bicyclic) bond motifs is 3. The van der Waals surface area contributed by atoms with Crippen LogP contribution in [0.3, 0.4) is 0 Å². The molecule has 0 saturated heterocycles. The summed E-state index contributed by atoms with van der Waals surface area (Å²) in [6.07, 6.45) is -11.3. The second-order valence-electron chi connectivity index (χ2n) is 11.3. The van der Waals surface area contributed by atoms with Crippen molar-refractivity contribution >= 4 is 15.7 Å². The van der Waals surface area contributed by atoms with Crippen molar-refractivity contribution in [3.8, 4) is 0 Å². The van der Waals surface area contributed by atoms with Gasteiger partial charge in [0.15, 0.2) is 9.84 Å². The lowest BCUT2D eigenvalue weighted by Crippen LogP contribution is -2.50. The molecule has 2 aliphatic rings. The molecule has 0 radical (unpaired) electrons. The number of rotatable bonds is 5. The average molecular weight is 650 g/mol. The van der Waals surface area contributed by atoms with E-state index in [0.717, 1.165) is 30.3 Å². The van der Waals surface area contributed by atoms with Crippen molar-refractivity contribution in [2.24, 2.45) is 13.0 Å². The first-order chi connectivity index (χ1) is 20.4. The van der Waals surface area contributed by atoms with Gasteiger partial charge in [0.1, 0.15) is 16.3 Å². The van der Waals surface area contributed by atoms with Gasteiger partial charge in [-0.3, -0.25) is 4.79 Å². The molecule has 0 aliphatic heterocycles. The predicted octanol–water partition coefficient (Wildman–Crippen LogP) is 6.37. The van der Waals surface area contributed by atoms with Gasteiger partial charge in [0.05, 0.1) is 16.9 Å². The van der Waals surface area contributed by atoms with E-state index < -0.39 is 61.9 Å². The number of aromatic nitrogens is 2. The van der Waals surface area contributed by atoms with Crippen molar-refractivity contribution in [2.75, 3.05) is 0 Å². The van der Waals surface area contributed by atoms with Gasteiger partial charge in [-0.1, -0.05) is 18.2 Å². The molecule has 1 saturated carbocycles. The van der Waals surface area contributed by atoms with Gasteiger partial charge in [-0.15, -0.1) is 0 Å². The molecule has 44 heavy (non-hydrogen) atoms. The number of amides is 1. The summed E-state index contributed by atoms with van der Waals surface area (Å²) >= 11 is 0. The van der Waals surface area contributed by atoms with Gasteiger partial charge in [-0.25, -0.2) is 22.2 Å². The van der Waals surface area contributed by atoms with Gasteiger partial charge in [0.25, 0.3) is 5.91 Å². The summed E-state index contributed by atoms with van der Waals surface area (Å²) in [7, 11) is -2.94. The Labute approximate surface area is 247 Å². The fourth-order valence-electron chi connectivity index (χ4n) is 6.86. The first-order valence-corrected chi connectivity index (χ1v) is 15.1. The van der Waals surface area contributed by atoms with E-state index in [2.05, 4.69) is 10.3 Å². The zero-order valence-electron chi connectivity index (χ0n) is 23.4. The second kappa shape index (κ2) is 10.6. The number of nitrogens with zero attached hydrogens (tertiary/aromatic N) is 2. The van der Waals surface area contributed by atoms with Crippen molar-refractivity contribution in [3.05, 3.63) is 82.7 Å². The molecule has 2 aliphatic carbocycles. The molecular formula is C29H27F8N3O3S. The average Bonchev–Trinajstić information content (AvgIpc) is 3.40. The summed E-state index contributed by atoms with van der Waals surface area (Å²) in [5, 5.41) is 2.87. The first kappa shape index (κ1) is 31.9. The molecule has 0 unspecified atom stereocenters. The number of alkyl halides is 7. The molecule has 0 spiro atoms. The van der Waals surface area contributed by atoms with Crippen LogP contribution in [0.25, 0.3) is 0 Å². The number of imidazole rings is 1. The number of hydrogen-bond donors (Lipinski definition) is 1. The highest BCUT2D eigenvalue weighted by Crippen LogP contribution is 2.58. The molecule has 3 atom stereocenters. The largest absolute Gasteiger partial charge is 0.435 e. The molecule has 0 bridgehead atoms. The molecule has 5 rings (SSSR count). The first-order valence-electron chi connectivity index (χ1n) is 13.6. The van der Waals surface area contributed by atoms with Crippen LogP contribution in [0.15, 0.2) is 53.7 Å². The lowest BCUT2D eigenvalue weighted by Gasteiger charge is -2.38. The third-order valence-corrected chi connectivity index (χ3v) is 11.4. The molecule has 6 nitrogen and oxygen atoms in total. The lowest BCUT2D eigenvalue weighted by atomic mass is 9.82. The standard InChI is InChI=1S/C29H27F8N3O3S/c1-16-24(40(2)15-38-16)25(41)39-23-12-13-26(44(42,43)20-9-7-19(30)8-10-20)21-11-6-18(14-17(21)4-3-5-22(23)26)27(31,28(32,33)34)29(35,36)37/h6-11,14-15,22-23H,3-5,12-13H2,1-2H3,(H,39,41)/t22-,23+,26+/m0/s1. The quantitative estimate of drug-likeness (QED) is 0.257. The van der Waals surface area contributed by atoms with Crippen molar-refractivity contribution in [1.29, 1.82) is 0 Å². The van der Waals surface area contributed by atoms with E-state index in [1.165, 1.54) is 10.9 Å².